The zero-order valence-corrected chi connectivity index (χ0v) is 13.7. The molecule has 0 aromatic carbocycles. The number of fused-ring (bicyclic) bond motifs is 3. The zero-order chi connectivity index (χ0) is 15.1. The Kier molecular flexibility index (Phi) is 3.76. The van der Waals surface area contributed by atoms with Gasteiger partial charge < -0.3 is 9.72 Å². The van der Waals surface area contributed by atoms with Crippen LogP contribution in [0.5, 0.6) is 0 Å². The summed E-state index contributed by atoms with van der Waals surface area (Å²) in [5.41, 5.74) is 1.30. The van der Waals surface area contributed by atoms with Crippen LogP contribution < -0.4 is 5.56 Å². The maximum absolute atomic E-state index is 12.5. The van der Waals surface area contributed by atoms with Crippen LogP contribution in [0.2, 0.25) is 0 Å². The predicted molar refractivity (Wildman–Crippen MR) is 87.5 cm³/mol. The van der Waals surface area contributed by atoms with Crippen molar-refractivity contribution in [3.63, 3.8) is 0 Å². The molecule has 0 amide bonds. The number of thiophene rings is 1. The fourth-order valence-corrected chi connectivity index (χ4v) is 4.84. The Morgan fingerprint density at radius 1 is 1.41 bits per heavy atom. The van der Waals surface area contributed by atoms with E-state index in [-0.39, 0.29) is 5.56 Å². The van der Waals surface area contributed by atoms with E-state index in [1.54, 1.807) is 11.3 Å². The van der Waals surface area contributed by atoms with Crippen molar-refractivity contribution < 1.29 is 4.74 Å². The minimum Gasteiger partial charge on any atom is -0.379 e. The van der Waals surface area contributed by atoms with Gasteiger partial charge in [-0.15, -0.1) is 11.3 Å². The lowest BCUT2D eigenvalue weighted by atomic mass is 9.89. The van der Waals surface area contributed by atoms with E-state index >= 15 is 0 Å². The zero-order valence-electron chi connectivity index (χ0n) is 12.9. The van der Waals surface area contributed by atoms with Crippen LogP contribution in [0.4, 0.5) is 0 Å². The number of nitrogens with zero attached hydrogens (tertiary/aromatic N) is 2. The Hall–Kier alpha value is -1.24. The second-order valence-electron chi connectivity index (χ2n) is 6.43. The Labute approximate surface area is 133 Å². The minimum absolute atomic E-state index is 0.0420. The Morgan fingerprint density at radius 2 is 2.23 bits per heavy atom. The van der Waals surface area contributed by atoms with Crippen LogP contribution in [-0.4, -0.2) is 41.2 Å². The van der Waals surface area contributed by atoms with E-state index in [0.29, 0.717) is 12.5 Å². The molecule has 1 atom stereocenters. The summed E-state index contributed by atoms with van der Waals surface area (Å²) in [6.45, 7) is 6.32. The lowest BCUT2D eigenvalue weighted by Crippen LogP contribution is -2.36. The van der Waals surface area contributed by atoms with Crippen molar-refractivity contribution in [2.75, 3.05) is 26.3 Å². The molecule has 1 saturated heterocycles. The van der Waals surface area contributed by atoms with Crippen LogP contribution in [0.1, 0.15) is 29.6 Å². The van der Waals surface area contributed by atoms with Gasteiger partial charge in [0.25, 0.3) is 5.56 Å². The molecule has 0 saturated carbocycles. The molecule has 1 N–H and O–H groups in total. The summed E-state index contributed by atoms with van der Waals surface area (Å²) in [5.74, 6) is 1.50. The molecule has 2 aliphatic rings. The fraction of sp³-hybridized carbons (Fsp3) is 0.625. The summed E-state index contributed by atoms with van der Waals surface area (Å²) in [4.78, 5) is 24.8. The molecule has 1 aliphatic heterocycles. The van der Waals surface area contributed by atoms with Gasteiger partial charge in [-0.25, -0.2) is 4.98 Å². The normalized spacial score (nSPS) is 22.9. The molecule has 3 heterocycles. The first-order chi connectivity index (χ1) is 10.7. The second kappa shape index (κ2) is 5.76. The first-order valence-corrected chi connectivity index (χ1v) is 8.86. The lowest BCUT2D eigenvalue weighted by molar-refractivity contribution is 0.0331. The molecule has 2 aromatic rings. The number of aromatic amines is 1. The lowest BCUT2D eigenvalue weighted by Gasteiger charge is -2.25. The standard InChI is InChI=1S/C16H21N3O2S/c1-10-2-3-11-12(8-10)22-16-14(11)15(20)17-13(18-16)9-19-4-6-21-7-5-19/h10H,2-9H2,1H3,(H,17,18,20)/t10-/m0/s1. The molecular weight excluding hydrogens is 298 g/mol. The van der Waals surface area contributed by atoms with Gasteiger partial charge in [-0.1, -0.05) is 6.92 Å². The van der Waals surface area contributed by atoms with Crippen molar-refractivity contribution in [1.29, 1.82) is 0 Å². The van der Waals surface area contributed by atoms with E-state index in [9.17, 15) is 4.79 Å². The Balaban J connectivity index is 1.69. The van der Waals surface area contributed by atoms with E-state index in [1.165, 1.54) is 16.9 Å². The van der Waals surface area contributed by atoms with Gasteiger partial charge in [0.05, 0.1) is 25.1 Å². The highest BCUT2D eigenvalue weighted by Crippen LogP contribution is 2.35. The number of hydrogen-bond acceptors (Lipinski definition) is 5. The molecule has 118 valence electrons. The van der Waals surface area contributed by atoms with Gasteiger partial charge in [-0.3, -0.25) is 9.69 Å². The third kappa shape index (κ3) is 2.59. The van der Waals surface area contributed by atoms with Crippen molar-refractivity contribution in [3.05, 3.63) is 26.6 Å². The summed E-state index contributed by atoms with van der Waals surface area (Å²) in [6.07, 6.45) is 3.28. The number of rotatable bonds is 2. The smallest absolute Gasteiger partial charge is 0.259 e. The highest BCUT2D eigenvalue weighted by molar-refractivity contribution is 7.18. The number of morpholine rings is 1. The first-order valence-electron chi connectivity index (χ1n) is 8.04. The maximum atomic E-state index is 12.5. The molecule has 0 unspecified atom stereocenters. The van der Waals surface area contributed by atoms with Gasteiger partial charge >= 0.3 is 0 Å². The Morgan fingerprint density at radius 3 is 3.05 bits per heavy atom. The van der Waals surface area contributed by atoms with Crippen LogP contribution >= 0.6 is 11.3 Å². The van der Waals surface area contributed by atoms with E-state index in [1.807, 2.05) is 0 Å². The molecule has 0 spiro atoms. The van der Waals surface area contributed by atoms with Crippen molar-refractivity contribution in [2.24, 2.45) is 5.92 Å². The number of ether oxygens (including phenoxy) is 1. The molecule has 1 aliphatic carbocycles. The average Bonchev–Trinajstić information content (AvgIpc) is 2.85. The predicted octanol–water partition coefficient (Wildman–Crippen LogP) is 1.94. The van der Waals surface area contributed by atoms with Crippen LogP contribution in [0, 0.1) is 5.92 Å². The monoisotopic (exact) mass is 319 g/mol. The van der Waals surface area contributed by atoms with E-state index in [0.717, 1.165) is 55.2 Å². The van der Waals surface area contributed by atoms with Crippen LogP contribution in [0.3, 0.4) is 0 Å². The summed E-state index contributed by atoms with van der Waals surface area (Å²) in [7, 11) is 0. The summed E-state index contributed by atoms with van der Waals surface area (Å²) in [6, 6.07) is 0. The van der Waals surface area contributed by atoms with Crippen LogP contribution in [-0.2, 0) is 24.1 Å². The van der Waals surface area contributed by atoms with Gasteiger partial charge in [-0.05, 0) is 30.7 Å². The van der Waals surface area contributed by atoms with E-state index < -0.39 is 0 Å². The van der Waals surface area contributed by atoms with Gasteiger partial charge in [0, 0.05) is 18.0 Å². The van der Waals surface area contributed by atoms with Crippen molar-refractivity contribution >= 4 is 21.6 Å². The number of hydrogen-bond donors (Lipinski definition) is 1. The second-order valence-corrected chi connectivity index (χ2v) is 7.52. The van der Waals surface area contributed by atoms with Crippen molar-refractivity contribution in [2.45, 2.75) is 32.7 Å². The first kappa shape index (κ1) is 14.4. The molecular formula is C16H21N3O2S. The van der Waals surface area contributed by atoms with Crippen molar-refractivity contribution in [3.8, 4) is 0 Å². The maximum Gasteiger partial charge on any atom is 0.259 e. The average molecular weight is 319 g/mol. The molecule has 2 aromatic heterocycles. The molecule has 1 fully saturated rings. The van der Waals surface area contributed by atoms with Crippen LogP contribution in [0.15, 0.2) is 4.79 Å². The molecule has 0 radical (unpaired) electrons. The SMILES string of the molecule is C[C@H]1CCc2c(sc3nc(CN4CCOCC4)[nH]c(=O)c23)C1. The van der Waals surface area contributed by atoms with E-state index in [4.69, 9.17) is 9.72 Å². The third-order valence-electron chi connectivity index (χ3n) is 4.69. The summed E-state index contributed by atoms with van der Waals surface area (Å²) < 4.78 is 5.36. The molecule has 4 rings (SSSR count). The number of aryl methyl sites for hydroxylation is 1. The van der Waals surface area contributed by atoms with Gasteiger partial charge in [0.1, 0.15) is 10.7 Å². The molecule has 22 heavy (non-hydrogen) atoms. The highest BCUT2D eigenvalue weighted by Gasteiger charge is 2.23. The molecule has 5 nitrogen and oxygen atoms in total. The van der Waals surface area contributed by atoms with Gasteiger partial charge in [0.2, 0.25) is 0 Å². The Bertz CT molecular complexity index is 746. The molecule has 6 heteroatoms. The third-order valence-corrected chi connectivity index (χ3v) is 5.84. The summed E-state index contributed by atoms with van der Waals surface area (Å²) in [5, 5.41) is 0.845. The quantitative estimate of drug-likeness (QED) is 0.919. The van der Waals surface area contributed by atoms with E-state index in [2.05, 4.69) is 16.8 Å². The largest absolute Gasteiger partial charge is 0.379 e. The number of H-pyrrole nitrogens is 1. The molecule has 0 bridgehead atoms. The van der Waals surface area contributed by atoms with Crippen molar-refractivity contribution in [1.82, 2.24) is 14.9 Å². The van der Waals surface area contributed by atoms with Gasteiger partial charge in [-0.2, -0.15) is 0 Å². The topological polar surface area (TPSA) is 58.2 Å². The number of nitrogens with one attached hydrogen (secondary N) is 1. The minimum atomic E-state index is 0.0420. The van der Waals surface area contributed by atoms with Gasteiger partial charge in [0.15, 0.2) is 0 Å². The highest BCUT2D eigenvalue weighted by atomic mass is 32.1. The summed E-state index contributed by atoms with van der Waals surface area (Å²) >= 11 is 1.72. The fourth-order valence-electron chi connectivity index (χ4n) is 3.44. The number of aromatic nitrogens is 2. The van der Waals surface area contributed by atoms with Crippen LogP contribution in [0.25, 0.3) is 10.2 Å².